The summed E-state index contributed by atoms with van der Waals surface area (Å²) >= 11 is 0. The number of ether oxygens (including phenoxy) is 3. The van der Waals surface area contributed by atoms with Crippen molar-refractivity contribution in [2.75, 3.05) is 28.3 Å². The average Bonchev–Trinajstić information content (AvgIpc) is 2.95. The van der Waals surface area contributed by atoms with Crippen molar-refractivity contribution in [2.45, 2.75) is 13.5 Å². The third kappa shape index (κ3) is 3.48. The molecule has 1 N–H and O–H groups in total. The Balaban J connectivity index is 2.07. The van der Waals surface area contributed by atoms with E-state index >= 15 is 0 Å². The zero-order chi connectivity index (χ0) is 19.7. The van der Waals surface area contributed by atoms with Crippen LogP contribution in [-0.2, 0) is 6.54 Å². The number of fused-ring (bicyclic) bond motifs is 1. The van der Waals surface area contributed by atoms with E-state index in [1.54, 1.807) is 51.5 Å². The Hall–Kier alpha value is -2.99. The first-order chi connectivity index (χ1) is 12.8. The molecule has 0 atom stereocenters. The first kappa shape index (κ1) is 18.8. The summed E-state index contributed by atoms with van der Waals surface area (Å²) < 4.78 is 16.5. The first-order valence-electron chi connectivity index (χ1n) is 8.52. The highest BCUT2D eigenvalue weighted by Gasteiger charge is 2.33. The number of phenols is 1. The summed E-state index contributed by atoms with van der Waals surface area (Å²) in [5, 5.41) is 10.3. The average molecular weight is 369 g/mol. The van der Waals surface area contributed by atoms with Crippen molar-refractivity contribution in [1.29, 1.82) is 0 Å². The molecule has 27 heavy (non-hydrogen) atoms. The zero-order valence-electron chi connectivity index (χ0n) is 16.1. The van der Waals surface area contributed by atoms with Crippen molar-refractivity contribution >= 4 is 11.9 Å². The quantitative estimate of drug-likeness (QED) is 0.815. The van der Waals surface area contributed by atoms with E-state index in [2.05, 4.69) is 0 Å². The molecule has 0 fully saturated rings. The van der Waals surface area contributed by atoms with Gasteiger partial charge in [0.15, 0.2) is 5.76 Å². The molecule has 0 saturated carbocycles. The third-order valence-electron chi connectivity index (χ3n) is 4.42. The summed E-state index contributed by atoms with van der Waals surface area (Å²) in [5.74, 6) is 1.76. The van der Waals surface area contributed by atoms with Gasteiger partial charge in [-0.3, -0.25) is 4.79 Å². The predicted molar refractivity (Wildman–Crippen MR) is 103 cm³/mol. The van der Waals surface area contributed by atoms with Crippen molar-refractivity contribution in [3.8, 4) is 23.0 Å². The van der Waals surface area contributed by atoms with Crippen molar-refractivity contribution in [1.82, 2.24) is 4.90 Å². The van der Waals surface area contributed by atoms with Crippen LogP contribution in [0.1, 0.15) is 27.0 Å². The zero-order valence-corrected chi connectivity index (χ0v) is 16.1. The molecular formula is C21H23NO5. The van der Waals surface area contributed by atoms with Crippen molar-refractivity contribution < 1.29 is 24.1 Å². The number of nitrogens with zero attached hydrogens (tertiary/aromatic N) is 1. The predicted octanol–water partition coefficient (Wildman–Crippen LogP) is 3.40. The normalized spacial score (nSPS) is 14.4. The number of aryl methyl sites for hydroxylation is 1. The Bertz CT molecular complexity index is 931. The molecule has 6 heteroatoms. The van der Waals surface area contributed by atoms with Gasteiger partial charge < -0.3 is 24.2 Å². The number of ketones is 1. The van der Waals surface area contributed by atoms with Gasteiger partial charge in [-0.2, -0.15) is 0 Å². The lowest BCUT2D eigenvalue weighted by molar-refractivity contribution is 0.101. The molecule has 1 heterocycles. The van der Waals surface area contributed by atoms with Crippen LogP contribution in [-0.4, -0.2) is 44.1 Å². The number of hydrogen-bond acceptors (Lipinski definition) is 6. The fraction of sp³-hybridized carbons (Fsp3) is 0.286. The van der Waals surface area contributed by atoms with Gasteiger partial charge in [0, 0.05) is 18.2 Å². The molecule has 0 aromatic heterocycles. The van der Waals surface area contributed by atoms with Gasteiger partial charge in [-0.15, -0.1) is 0 Å². The minimum absolute atomic E-state index is 0.121. The molecule has 0 aliphatic carbocycles. The highest BCUT2D eigenvalue weighted by atomic mass is 16.5. The van der Waals surface area contributed by atoms with E-state index in [-0.39, 0.29) is 17.3 Å². The Kier molecular flexibility index (Phi) is 5.10. The molecular weight excluding hydrogens is 346 g/mol. The molecule has 3 rings (SSSR count). The summed E-state index contributed by atoms with van der Waals surface area (Å²) in [6.07, 6.45) is 1.65. The molecule has 0 unspecified atom stereocenters. The Morgan fingerprint density at radius 1 is 1.19 bits per heavy atom. The number of aromatic hydroxyl groups is 1. The molecule has 0 saturated heterocycles. The summed E-state index contributed by atoms with van der Waals surface area (Å²) in [7, 11) is 6.91. The standard InChI is InChI=1S/C21H23NO5/c1-12-8-16(23)15(11-22(2)3)21-19(12)20(24)18(27-21)9-13-6-7-14(25-4)10-17(13)26-5/h6-10,23H,11H2,1-5H3/b18-9+. The Morgan fingerprint density at radius 2 is 1.93 bits per heavy atom. The number of allylic oxidation sites excluding steroid dienone is 1. The first-order valence-corrected chi connectivity index (χ1v) is 8.52. The van der Waals surface area contributed by atoms with Crippen LogP contribution in [0.25, 0.3) is 6.08 Å². The van der Waals surface area contributed by atoms with Crippen LogP contribution in [0.4, 0.5) is 0 Å². The molecule has 6 nitrogen and oxygen atoms in total. The maximum absolute atomic E-state index is 12.9. The number of rotatable bonds is 5. The van der Waals surface area contributed by atoms with Crippen LogP contribution in [0.15, 0.2) is 30.0 Å². The maximum Gasteiger partial charge on any atom is 0.232 e. The van der Waals surface area contributed by atoms with Crippen LogP contribution in [0.5, 0.6) is 23.0 Å². The fourth-order valence-corrected chi connectivity index (χ4v) is 3.13. The van der Waals surface area contributed by atoms with Gasteiger partial charge in [0.25, 0.3) is 0 Å². The summed E-state index contributed by atoms with van der Waals surface area (Å²) in [6.45, 7) is 2.25. The molecule has 142 valence electrons. The lowest BCUT2D eigenvalue weighted by atomic mass is 9.99. The summed E-state index contributed by atoms with van der Waals surface area (Å²) in [6, 6.07) is 6.94. The molecule has 0 amide bonds. The van der Waals surface area contributed by atoms with E-state index in [4.69, 9.17) is 14.2 Å². The summed E-state index contributed by atoms with van der Waals surface area (Å²) in [4.78, 5) is 14.8. The van der Waals surface area contributed by atoms with Crippen molar-refractivity contribution in [2.24, 2.45) is 0 Å². The molecule has 2 aromatic rings. The van der Waals surface area contributed by atoms with Crippen LogP contribution in [0, 0.1) is 6.92 Å². The summed E-state index contributed by atoms with van der Waals surface area (Å²) in [5.41, 5.74) is 2.47. The van der Waals surface area contributed by atoms with E-state index in [0.717, 1.165) is 0 Å². The Morgan fingerprint density at radius 3 is 2.56 bits per heavy atom. The van der Waals surface area contributed by atoms with Crippen LogP contribution in [0.2, 0.25) is 0 Å². The monoisotopic (exact) mass is 369 g/mol. The van der Waals surface area contributed by atoms with Gasteiger partial charge in [0.05, 0.1) is 25.3 Å². The smallest absolute Gasteiger partial charge is 0.232 e. The van der Waals surface area contributed by atoms with E-state index in [0.29, 0.717) is 46.0 Å². The molecule has 0 radical (unpaired) electrons. The van der Waals surface area contributed by atoms with E-state index in [9.17, 15) is 9.90 Å². The molecule has 1 aliphatic heterocycles. The van der Waals surface area contributed by atoms with E-state index in [1.807, 2.05) is 19.0 Å². The lowest BCUT2D eigenvalue weighted by Crippen LogP contribution is -2.12. The van der Waals surface area contributed by atoms with Gasteiger partial charge in [-0.05, 0) is 50.9 Å². The second-order valence-electron chi connectivity index (χ2n) is 6.68. The van der Waals surface area contributed by atoms with E-state index in [1.165, 1.54) is 0 Å². The van der Waals surface area contributed by atoms with Gasteiger partial charge in [-0.1, -0.05) is 0 Å². The number of carbonyl (C=O) groups excluding carboxylic acids is 1. The highest BCUT2D eigenvalue weighted by Crippen LogP contribution is 2.42. The molecule has 0 spiro atoms. The molecule has 2 aromatic carbocycles. The van der Waals surface area contributed by atoms with Gasteiger partial charge in [-0.25, -0.2) is 0 Å². The van der Waals surface area contributed by atoms with Crippen LogP contribution < -0.4 is 14.2 Å². The van der Waals surface area contributed by atoms with Gasteiger partial charge >= 0.3 is 0 Å². The number of Topliss-reactive ketones (excluding diaryl/α,β-unsaturated/α-hetero) is 1. The molecule has 0 bridgehead atoms. The number of hydrogen-bond donors (Lipinski definition) is 1. The highest BCUT2D eigenvalue weighted by molar-refractivity contribution is 6.16. The minimum Gasteiger partial charge on any atom is -0.507 e. The van der Waals surface area contributed by atoms with Crippen molar-refractivity contribution in [3.63, 3.8) is 0 Å². The number of carbonyl (C=O) groups is 1. The SMILES string of the molecule is COc1ccc(/C=C2/Oc3c(CN(C)C)c(O)cc(C)c3C2=O)c(OC)c1. The maximum atomic E-state index is 12.9. The van der Waals surface area contributed by atoms with Gasteiger partial charge in [0.1, 0.15) is 23.0 Å². The van der Waals surface area contributed by atoms with Crippen molar-refractivity contribution in [3.05, 3.63) is 52.3 Å². The largest absolute Gasteiger partial charge is 0.507 e. The second kappa shape index (κ2) is 7.32. The number of phenolic OH excluding ortho intramolecular Hbond substituents is 1. The topological polar surface area (TPSA) is 68.2 Å². The number of benzene rings is 2. The van der Waals surface area contributed by atoms with E-state index < -0.39 is 0 Å². The number of methoxy groups -OCH3 is 2. The minimum atomic E-state index is -0.208. The third-order valence-corrected chi connectivity index (χ3v) is 4.42. The second-order valence-corrected chi connectivity index (χ2v) is 6.68. The van der Waals surface area contributed by atoms with Gasteiger partial charge in [0.2, 0.25) is 5.78 Å². The fourth-order valence-electron chi connectivity index (χ4n) is 3.13. The molecule has 1 aliphatic rings. The lowest BCUT2D eigenvalue weighted by Gasteiger charge is -2.15. The van der Waals surface area contributed by atoms with Crippen LogP contribution >= 0.6 is 0 Å². The van der Waals surface area contributed by atoms with Crippen LogP contribution in [0.3, 0.4) is 0 Å². The Labute approximate surface area is 158 Å².